The van der Waals surface area contributed by atoms with Crippen LogP contribution in [0.5, 0.6) is 0 Å². The Bertz CT molecular complexity index is 719. The van der Waals surface area contributed by atoms with Crippen LogP contribution in [-0.4, -0.2) is 76.1 Å². The van der Waals surface area contributed by atoms with Crippen molar-refractivity contribution in [3.05, 3.63) is 0 Å². The lowest BCUT2D eigenvalue weighted by Crippen LogP contribution is -2.45. The van der Waals surface area contributed by atoms with Crippen molar-refractivity contribution in [3.63, 3.8) is 0 Å². The number of ether oxygens (including phenoxy) is 6. The van der Waals surface area contributed by atoms with E-state index < -0.39 is 0 Å². The first kappa shape index (κ1) is 29.8. The molecule has 0 N–H and O–H groups in total. The minimum atomic E-state index is 0.0240. The van der Waals surface area contributed by atoms with Crippen LogP contribution in [0.25, 0.3) is 0 Å². The molecule has 2 heterocycles. The van der Waals surface area contributed by atoms with Crippen LogP contribution >= 0.6 is 0 Å². The smallest absolute Gasteiger partial charge is 0.309 e. The molecule has 0 aromatic rings. The quantitative estimate of drug-likeness (QED) is 0.132. The minimum Gasteiger partial charge on any atom is -0.462 e. The van der Waals surface area contributed by atoms with Gasteiger partial charge in [0.15, 0.2) is 0 Å². The first-order valence-electron chi connectivity index (χ1n) is 16.4. The van der Waals surface area contributed by atoms with Crippen LogP contribution in [-0.2, 0) is 33.2 Å². The third-order valence-corrected chi connectivity index (χ3v) is 10.1. The SMILES string of the molecule is CCC1(COCCCCCCOC2CCC(C(=O)OC3CCC(OCC4CCC5OC5C4)CC3)CC2)COC1. The van der Waals surface area contributed by atoms with Crippen LogP contribution in [0.2, 0.25) is 0 Å². The molecular formula is C32H54O7. The van der Waals surface area contributed by atoms with Gasteiger partial charge >= 0.3 is 5.97 Å². The minimum absolute atomic E-state index is 0.0240. The van der Waals surface area contributed by atoms with Gasteiger partial charge < -0.3 is 28.4 Å². The molecule has 5 rings (SSSR count). The molecule has 39 heavy (non-hydrogen) atoms. The van der Waals surface area contributed by atoms with Gasteiger partial charge in [0.25, 0.3) is 0 Å². The third kappa shape index (κ3) is 9.13. The fourth-order valence-corrected chi connectivity index (χ4v) is 6.93. The standard InChI is InChI=1S/C32H54O7/c1-2-32(22-35-23-32)21-34-17-5-3-4-6-18-36-26-10-8-25(9-11-26)31(33)38-28-14-12-27(13-15-28)37-20-24-7-16-29-30(19-24)39-29/h24-30H,2-23H2,1H3. The van der Waals surface area contributed by atoms with E-state index in [0.29, 0.717) is 35.7 Å². The van der Waals surface area contributed by atoms with Crippen molar-refractivity contribution >= 4 is 5.97 Å². The molecule has 5 aliphatic rings. The number of epoxide rings is 1. The summed E-state index contributed by atoms with van der Waals surface area (Å²) in [7, 11) is 0. The number of carbonyl (C=O) groups is 1. The third-order valence-electron chi connectivity index (χ3n) is 10.1. The summed E-state index contributed by atoms with van der Waals surface area (Å²) in [5.74, 6) is 0.743. The van der Waals surface area contributed by atoms with Gasteiger partial charge in [0.2, 0.25) is 0 Å². The van der Waals surface area contributed by atoms with Crippen LogP contribution in [0, 0.1) is 17.3 Å². The molecule has 0 spiro atoms. The molecule has 3 unspecified atom stereocenters. The van der Waals surface area contributed by atoms with Gasteiger partial charge in [-0.3, -0.25) is 4.79 Å². The average molecular weight is 551 g/mol. The monoisotopic (exact) mass is 550 g/mol. The van der Waals surface area contributed by atoms with Crippen molar-refractivity contribution in [2.45, 2.75) is 140 Å². The zero-order valence-electron chi connectivity index (χ0n) is 24.5. The highest BCUT2D eigenvalue weighted by molar-refractivity contribution is 5.72. The summed E-state index contributed by atoms with van der Waals surface area (Å²) in [6, 6.07) is 0. The lowest BCUT2D eigenvalue weighted by atomic mass is 9.84. The molecule has 0 bridgehead atoms. The maximum Gasteiger partial charge on any atom is 0.309 e. The molecule has 3 atom stereocenters. The highest BCUT2D eigenvalue weighted by atomic mass is 16.6. The Labute approximate surface area is 236 Å². The molecule has 0 aromatic carbocycles. The van der Waals surface area contributed by atoms with Gasteiger partial charge in [-0.2, -0.15) is 0 Å². The summed E-state index contributed by atoms with van der Waals surface area (Å²) in [5, 5.41) is 0. The molecule has 2 aliphatic heterocycles. The number of unbranched alkanes of at least 4 members (excludes halogenated alkanes) is 3. The first-order chi connectivity index (χ1) is 19.1. The predicted molar refractivity (Wildman–Crippen MR) is 149 cm³/mol. The van der Waals surface area contributed by atoms with E-state index in [9.17, 15) is 4.79 Å². The fourth-order valence-electron chi connectivity index (χ4n) is 6.93. The van der Waals surface area contributed by atoms with E-state index in [1.165, 1.54) is 32.1 Å². The molecule has 0 radical (unpaired) electrons. The van der Waals surface area contributed by atoms with Crippen LogP contribution in [0.4, 0.5) is 0 Å². The number of fused-ring (bicyclic) bond motifs is 1. The number of esters is 1. The number of hydrogen-bond acceptors (Lipinski definition) is 7. The van der Waals surface area contributed by atoms with E-state index in [-0.39, 0.29) is 18.0 Å². The fraction of sp³-hybridized carbons (Fsp3) is 0.969. The summed E-state index contributed by atoms with van der Waals surface area (Å²) in [6.45, 7) is 7.35. The number of rotatable bonds is 16. The normalized spacial score (nSPS) is 35.6. The molecule has 0 amide bonds. The van der Waals surface area contributed by atoms with Crippen molar-refractivity contribution < 1.29 is 33.2 Å². The summed E-state index contributed by atoms with van der Waals surface area (Å²) >= 11 is 0. The number of carbonyl (C=O) groups excluding carboxylic acids is 1. The van der Waals surface area contributed by atoms with Gasteiger partial charge in [0, 0.05) is 25.2 Å². The van der Waals surface area contributed by atoms with Crippen LogP contribution in [0.1, 0.15) is 110 Å². The lowest BCUT2D eigenvalue weighted by Gasteiger charge is -2.40. The largest absolute Gasteiger partial charge is 0.462 e. The average Bonchev–Trinajstić information content (AvgIpc) is 3.72. The Kier molecular flexibility index (Phi) is 11.4. The Balaban J connectivity index is 0.833. The van der Waals surface area contributed by atoms with Crippen molar-refractivity contribution in [2.75, 3.05) is 39.6 Å². The molecule has 7 heteroatoms. The Morgan fingerprint density at radius 3 is 2.15 bits per heavy atom. The Morgan fingerprint density at radius 1 is 0.769 bits per heavy atom. The molecule has 3 saturated carbocycles. The summed E-state index contributed by atoms with van der Waals surface area (Å²) in [6.07, 6.45) is 18.8. The highest BCUT2D eigenvalue weighted by Crippen LogP contribution is 2.40. The Morgan fingerprint density at radius 2 is 1.46 bits per heavy atom. The molecule has 7 nitrogen and oxygen atoms in total. The molecule has 2 saturated heterocycles. The topological polar surface area (TPSA) is 75.8 Å². The van der Waals surface area contributed by atoms with Gasteiger partial charge in [0.1, 0.15) is 6.10 Å². The van der Waals surface area contributed by atoms with Gasteiger partial charge in [0.05, 0.1) is 50.2 Å². The second kappa shape index (κ2) is 14.9. The van der Waals surface area contributed by atoms with Gasteiger partial charge in [-0.1, -0.05) is 19.8 Å². The van der Waals surface area contributed by atoms with E-state index in [1.807, 2.05) is 0 Å². The van der Waals surface area contributed by atoms with E-state index in [1.54, 1.807) is 0 Å². The lowest BCUT2D eigenvalue weighted by molar-refractivity contribution is -0.159. The highest BCUT2D eigenvalue weighted by Gasteiger charge is 2.44. The van der Waals surface area contributed by atoms with E-state index in [4.69, 9.17) is 28.4 Å². The van der Waals surface area contributed by atoms with Crippen molar-refractivity contribution in [2.24, 2.45) is 17.3 Å². The van der Waals surface area contributed by atoms with Crippen LogP contribution in [0.15, 0.2) is 0 Å². The molecule has 0 aromatic heterocycles. The molecule has 224 valence electrons. The maximum atomic E-state index is 12.8. The van der Waals surface area contributed by atoms with E-state index >= 15 is 0 Å². The molecule has 5 fully saturated rings. The zero-order valence-corrected chi connectivity index (χ0v) is 24.5. The summed E-state index contributed by atoms with van der Waals surface area (Å²) in [4.78, 5) is 12.8. The summed E-state index contributed by atoms with van der Waals surface area (Å²) in [5.41, 5.74) is 0.295. The van der Waals surface area contributed by atoms with E-state index in [2.05, 4.69) is 6.92 Å². The van der Waals surface area contributed by atoms with Crippen LogP contribution in [0.3, 0.4) is 0 Å². The van der Waals surface area contributed by atoms with Crippen molar-refractivity contribution in [1.29, 1.82) is 0 Å². The second-order valence-corrected chi connectivity index (χ2v) is 13.2. The second-order valence-electron chi connectivity index (χ2n) is 13.2. The van der Waals surface area contributed by atoms with Gasteiger partial charge in [-0.15, -0.1) is 0 Å². The first-order valence-corrected chi connectivity index (χ1v) is 16.4. The van der Waals surface area contributed by atoms with Crippen LogP contribution < -0.4 is 0 Å². The van der Waals surface area contributed by atoms with E-state index in [0.717, 1.165) is 110 Å². The predicted octanol–water partition coefficient (Wildman–Crippen LogP) is 6.00. The number of hydrogen-bond donors (Lipinski definition) is 0. The molecular weight excluding hydrogens is 496 g/mol. The molecule has 3 aliphatic carbocycles. The Hall–Kier alpha value is -0.730. The van der Waals surface area contributed by atoms with Crippen molar-refractivity contribution in [1.82, 2.24) is 0 Å². The maximum absolute atomic E-state index is 12.8. The van der Waals surface area contributed by atoms with Gasteiger partial charge in [-0.05, 0) is 95.8 Å². The zero-order chi connectivity index (χ0) is 26.9. The van der Waals surface area contributed by atoms with Crippen molar-refractivity contribution in [3.8, 4) is 0 Å². The summed E-state index contributed by atoms with van der Waals surface area (Å²) < 4.78 is 35.2. The van der Waals surface area contributed by atoms with Gasteiger partial charge in [-0.25, -0.2) is 0 Å².